The first kappa shape index (κ1) is 21.9. The lowest BCUT2D eigenvalue weighted by Gasteiger charge is -2.26. The van der Waals surface area contributed by atoms with Crippen molar-refractivity contribution in [3.63, 3.8) is 0 Å². The summed E-state index contributed by atoms with van der Waals surface area (Å²) in [6.07, 6.45) is 6.48. The molecule has 2 aromatic rings. The van der Waals surface area contributed by atoms with Gasteiger partial charge in [0.25, 0.3) is 11.8 Å². The number of ether oxygens (including phenoxy) is 2. The number of halogens is 2. The average molecular weight is 443 g/mol. The second kappa shape index (κ2) is 9.32. The Morgan fingerprint density at radius 3 is 2.55 bits per heavy atom. The molecule has 0 aromatic heterocycles. The highest BCUT2D eigenvalue weighted by atomic mass is 35.5. The first-order valence-corrected chi connectivity index (χ1v) is 9.43. The fourth-order valence-electron chi connectivity index (χ4n) is 2.84. The largest absolute Gasteiger partial charge is 0.490 e. The zero-order valence-corrected chi connectivity index (χ0v) is 17.0. The summed E-state index contributed by atoms with van der Waals surface area (Å²) in [5.74, 6) is 0.535. The van der Waals surface area contributed by atoms with Crippen LogP contribution in [0.3, 0.4) is 0 Å². The van der Waals surface area contributed by atoms with Crippen molar-refractivity contribution in [2.24, 2.45) is 0 Å². The number of hydrogen-bond donors (Lipinski definition) is 1. The first-order valence-electron chi connectivity index (χ1n) is 9.05. The lowest BCUT2D eigenvalue weighted by molar-refractivity contribution is -0.122. The molecule has 31 heavy (non-hydrogen) atoms. The summed E-state index contributed by atoms with van der Waals surface area (Å²) in [5.41, 5.74) is 0.140. The smallest absolute Gasteiger partial charge is 0.335 e. The van der Waals surface area contributed by atoms with Crippen molar-refractivity contribution in [3.05, 3.63) is 58.4 Å². The molecule has 0 bridgehead atoms. The Morgan fingerprint density at radius 2 is 1.90 bits per heavy atom. The highest BCUT2D eigenvalue weighted by molar-refractivity contribution is 6.39. The van der Waals surface area contributed by atoms with Crippen LogP contribution in [0.15, 0.2) is 42.0 Å². The van der Waals surface area contributed by atoms with E-state index < -0.39 is 23.7 Å². The number of carbonyl (C=O) groups is 3. The maximum Gasteiger partial charge on any atom is 0.335 e. The third-order valence-electron chi connectivity index (χ3n) is 4.13. The Bertz CT molecular complexity index is 1120. The van der Waals surface area contributed by atoms with Gasteiger partial charge in [0.2, 0.25) is 0 Å². The van der Waals surface area contributed by atoms with Crippen molar-refractivity contribution >= 4 is 41.2 Å². The Hall–Kier alpha value is -3.83. The van der Waals surface area contributed by atoms with Gasteiger partial charge < -0.3 is 9.47 Å². The molecule has 1 heterocycles. The molecule has 1 aliphatic rings. The Kier molecular flexibility index (Phi) is 6.58. The van der Waals surface area contributed by atoms with Gasteiger partial charge in [-0.1, -0.05) is 17.5 Å². The number of carbonyl (C=O) groups excluding carboxylic acids is 3. The number of nitrogens with one attached hydrogen (secondary N) is 1. The predicted molar refractivity (Wildman–Crippen MR) is 112 cm³/mol. The van der Waals surface area contributed by atoms with E-state index in [1.165, 1.54) is 30.3 Å². The predicted octanol–water partition coefficient (Wildman–Crippen LogP) is 3.56. The zero-order chi connectivity index (χ0) is 22.5. The van der Waals surface area contributed by atoms with Crippen molar-refractivity contribution < 1.29 is 28.2 Å². The van der Waals surface area contributed by atoms with E-state index in [0.717, 1.165) is 17.0 Å². The van der Waals surface area contributed by atoms with Crippen molar-refractivity contribution in [3.8, 4) is 23.8 Å². The van der Waals surface area contributed by atoms with Gasteiger partial charge in [-0.2, -0.15) is 0 Å². The van der Waals surface area contributed by atoms with E-state index in [2.05, 4.69) is 11.2 Å². The maximum atomic E-state index is 13.2. The van der Waals surface area contributed by atoms with Crippen LogP contribution in [-0.2, 0) is 9.59 Å². The van der Waals surface area contributed by atoms with Gasteiger partial charge in [0.15, 0.2) is 11.5 Å². The van der Waals surface area contributed by atoms with Gasteiger partial charge in [0, 0.05) is 0 Å². The number of nitrogens with zero attached hydrogens (tertiary/aromatic N) is 1. The molecule has 158 valence electrons. The van der Waals surface area contributed by atoms with E-state index in [0.29, 0.717) is 12.2 Å². The molecule has 9 heteroatoms. The van der Waals surface area contributed by atoms with Crippen LogP contribution < -0.4 is 19.7 Å². The van der Waals surface area contributed by atoms with E-state index in [9.17, 15) is 18.8 Å². The lowest BCUT2D eigenvalue weighted by Crippen LogP contribution is -2.54. The number of rotatable bonds is 6. The summed E-state index contributed by atoms with van der Waals surface area (Å²) in [4.78, 5) is 38.2. The molecule has 0 unspecified atom stereocenters. The summed E-state index contributed by atoms with van der Waals surface area (Å²) < 4.78 is 24.1. The number of urea groups is 1. The van der Waals surface area contributed by atoms with Crippen LogP contribution in [0.25, 0.3) is 6.08 Å². The number of imide groups is 2. The molecule has 1 N–H and O–H groups in total. The molecule has 3 rings (SSSR count). The third-order valence-corrected chi connectivity index (χ3v) is 4.41. The van der Waals surface area contributed by atoms with Gasteiger partial charge in [-0.15, -0.1) is 6.42 Å². The number of terminal acetylenes is 1. The minimum absolute atomic E-state index is 0.0319. The molecule has 0 saturated carbocycles. The Labute approximate surface area is 182 Å². The first-order chi connectivity index (χ1) is 14.8. The SMILES string of the molecule is C#CCOc1c(Cl)cc(/C=C2\C(=O)NC(=O)N(c3ccc(F)cc3)C2=O)cc1OCC. The van der Waals surface area contributed by atoms with E-state index >= 15 is 0 Å². The summed E-state index contributed by atoms with van der Waals surface area (Å²) in [6.45, 7) is 2.03. The molecule has 1 fully saturated rings. The van der Waals surface area contributed by atoms with Crippen LogP contribution in [-0.4, -0.2) is 31.1 Å². The molecule has 0 radical (unpaired) electrons. The molecule has 1 aliphatic heterocycles. The number of anilines is 1. The van der Waals surface area contributed by atoms with Crippen molar-refractivity contribution in [1.82, 2.24) is 5.32 Å². The van der Waals surface area contributed by atoms with Gasteiger partial charge in [-0.3, -0.25) is 14.9 Å². The van der Waals surface area contributed by atoms with Crippen LogP contribution in [0.2, 0.25) is 5.02 Å². The minimum atomic E-state index is -0.940. The number of benzene rings is 2. The highest BCUT2D eigenvalue weighted by Gasteiger charge is 2.36. The fraction of sp³-hybridized carbons (Fsp3) is 0.136. The molecule has 7 nitrogen and oxygen atoms in total. The molecule has 0 aliphatic carbocycles. The summed E-state index contributed by atoms with van der Waals surface area (Å²) >= 11 is 6.27. The lowest BCUT2D eigenvalue weighted by atomic mass is 10.1. The number of barbiturate groups is 1. The van der Waals surface area contributed by atoms with Gasteiger partial charge in [0.1, 0.15) is 18.0 Å². The van der Waals surface area contributed by atoms with E-state index in [1.807, 2.05) is 0 Å². The van der Waals surface area contributed by atoms with Gasteiger partial charge in [-0.25, -0.2) is 14.1 Å². The monoisotopic (exact) mass is 442 g/mol. The summed E-state index contributed by atoms with van der Waals surface area (Å²) in [7, 11) is 0. The normalized spacial score (nSPS) is 15.0. The molecule has 2 aromatic carbocycles. The molecular formula is C22H16ClFN2O5. The summed E-state index contributed by atoms with van der Waals surface area (Å²) in [5, 5.41) is 2.25. The van der Waals surface area contributed by atoms with Crippen LogP contribution in [0.4, 0.5) is 14.9 Å². The number of hydrogen-bond acceptors (Lipinski definition) is 5. The van der Waals surface area contributed by atoms with Crippen LogP contribution in [0.1, 0.15) is 12.5 Å². The van der Waals surface area contributed by atoms with E-state index in [1.54, 1.807) is 6.92 Å². The second-order valence-corrected chi connectivity index (χ2v) is 6.60. The Balaban J connectivity index is 2.02. The molecule has 1 saturated heterocycles. The molecule has 4 amide bonds. The van der Waals surface area contributed by atoms with Gasteiger partial charge in [0.05, 0.1) is 17.3 Å². The van der Waals surface area contributed by atoms with Crippen LogP contribution in [0.5, 0.6) is 11.5 Å². The minimum Gasteiger partial charge on any atom is -0.490 e. The van der Waals surface area contributed by atoms with E-state index in [-0.39, 0.29) is 34.4 Å². The standard InChI is InChI=1S/C22H16ClFN2O5/c1-3-9-31-19-17(23)11-13(12-18(19)30-4-2)10-16-20(27)25-22(29)26(21(16)28)15-7-5-14(24)6-8-15/h1,5-8,10-12H,4,9H2,2H3,(H,25,27,29)/b16-10+. The quantitative estimate of drug-likeness (QED) is 0.420. The average Bonchev–Trinajstić information content (AvgIpc) is 2.72. The summed E-state index contributed by atoms with van der Waals surface area (Å²) in [6, 6.07) is 6.74. The topological polar surface area (TPSA) is 84.9 Å². The third kappa shape index (κ3) is 4.68. The molecular weight excluding hydrogens is 427 g/mol. The van der Waals surface area contributed by atoms with Crippen LogP contribution >= 0.6 is 11.6 Å². The highest BCUT2D eigenvalue weighted by Crippen LogP contribution is 2.37. The number of amides is 4. The Morgan fingerprint density at radius 1 is 1.19 bits per heavy atom. The van der Waals surface area contributed by atoms with Crippen molar-refractivity contribution in [2.45, 2.75) is 6.92 Å². The van der Waals surface area contributed by atoms with Gasteiger partial charge in [-0.05, 0) is 55.0 Å². The van der Waals surface area contributed by atoms with Crippen molar-refractivity contribution in [1.29, 1.82) is 0 Å². The zero-order valence-electron chi connectivity index (χ0n) is 16.3. The molecule has 0 spiro atoms. The molecule has 0 atom stereocenters. The fourth-order valence-corrected chi connectivity index (χ4v) is 3.11. The van der Waals surface area contributed by atoms with Crippen molar-refractivity contribution in [2.75, 3.05) is 18.1 Å². The van der Waals surface area contributed by atoms with Gasteiger partial charge >= 0.3 is 6.03 Å². The van der Waals surface area contributed by atoms with E-state index in [4.69, 9.17) is 27.5 Å². The van der Waals surface area contributed by atoms with Crippen LogP contribution in [0, 0.1) is 18.2 Å². The second-order valence-electron chi connectivity index (χ2n) is 6.19. The maximum absolute atomic E-state index is 13.2.